The minimum Gasteiger partial charge on any atom is -0.346 e. The highest BCUT2D eigenvalue weighted by molar-refractivity contribution is 4.99. The van der Waals surface area contributed by atoms with Gasteiger partial charge in [-0.15, -0.1) is 0 Å². The molecule has 1 heterocycles. The molecule has 11 heavy (non-hydrogen) atoms. The number of hydrogen-bond donors (Lipinski definition) is 1. The van der Waals surface area contributed by atoms with Gasteiger partial charge in [0.05, 0.1) is 0 Å². The molecular weight excluding hydrogens is 136 g/mol. The Morgan fingerprint density at radius 3 is 2.45 bits per heavy atom. The molecule has 0 aliphatic carbocycles. The van der Waals surface area contributed by atoms with Gasteiger partial charge in [0, 0.05) is 11.9 Å². The lowest BCUT2D eigenvalue weighted by Gasteiger charge is -1.87. The highest BCUT2D eigenvalue weighted by Crippen LogP contribution is 1.98. The molecule has 0 aromatic carbocycles. The molecule has 1 aromatic rings. The van der Waals surface area contributed by atoms with Crippen LogP contribution in [0, 0.1) is 6.92 Å². The smallest absolute Gasteiger partial charge is 0.103 e. The van der Waals surface area contributed by atoms with Crippen LogP contribution in [-0.4, -0.2) is 9.97 Å². The Morgan fingerprint density at radius 1 is 1.45 bits per heavy atom. The number of aryl methyl sites for hydroxylation is 2. The molecule has 0 unspecified atom stereocenters. The number of hydrogen-bond acceptors (Lipinski definition) is 1. The summed E-state index contributed by atoms with van der Waals surface area (Å²) in [5.74, 6) is 1.01. The molecule has 0 aliphatic rings. The van der Waals surface area contributed by atoms with Crippen molar-refractivity contribution in [2.75, 3.05) is 0 Å². The van der Waals surface area contributed by atoms with Gasteiger partial charge in [0.15, 0.2) is 0 Å². The molecule has 0 spiro atoms. The first-order chi connectivity index (χ1) is 5.33. The quantitative estimate of drug-likeness (QED) is 0.697. The Labute approximate surface area is 69.1 Å². The third-order valence-electron chi connectivity index (χ3n) is 1.27. The molecule has 2 nitrogen and oxygen atoms in total. The molecule has 0 saturated heterocycles. The maximum atomic E-state index is 4.08. The zero-order valence-electron chi connectivity index (χ0n) is 7.94. The van der Waals surface area contributed by atoms with Crippen molar-refractivity contribution in [1.82, 2.24) is 9.97 Å². The predicted molar refractivity (Wildman–Crippen MR) is 48.7 cm³/mol. The largest absolute Gasteiger partial charge is 0.346 e. The van der Waals surface area contributed by atoms with E-state index >= 15 is 0 Å². The van der Waals surface area contributed by atoms with Crippen molar-refractivity contribution in [2.45, 2.75) is 40.5 Å². The summed E-state index contributed by atoms with van der Waals surface area (Å²) in [6, 6.07) is 0. The van der Waals surface area contributed by atoms with Crippen LogP contribution >= 0.6 is 0 Å². The van der Waals surface area contributed by atoms with E-state index in [2.05, 4.69) is 16.9 Å². The lowest BCUT2D eigenvalue weighted by Crippen LogP contribution is -1.81. The van der Waals surface area contributed by atoms with Gasteiger partial charge >= 0.3 is 0 Å². The van der Waals surface area contributed by atoms with Crippen molar-refractivity contribution < 1.29 is 0 Å². The van der Waals surface area contributed by atoms with Crippen molar-refractivity contribution in [3.63, 3.8) is 0 Å². The van der Waals surface area contributed by atoms with Gasteiger partial charge < -0.3 is 4.98 Å². The van der Waals surface area contributed by atoms with Gasteiger partial charge in [-0.05, 0) is 13.3 Å². The lowest BCUT2D eigenvalue weighted by atomic mass is 10.3. The molecule has 2 heteroatoms. The summed E-state index contributed by atoms with van der Waals surface area (Å²) in [5.41, 5.74) is 1.25. The van der Waals surface area contributed by atoms with Crippen LogP contribution < -0.4 is 0 Å². The number of nitrogens with one attached hydrogen (secondary N) is 1. The van der Waals surface area contributed by atoms with E-state index in [4.69, 9.17) is 0 Å². The van der Waals surface area contributed by atoms with Crippen LogP contribution in [-0.2, 0) is 6.42 Å². The Morgan fingerprint density at radius 2 is 2.09 bits per heavy atom. The molecule has 64 valence electrons. The van der Waals surface area contributed by atoms with Gasteiger partial charge in [-0.25, -0.2) is 4.98 Å². The summed E-state index contributed by atoms with van der Waals surface area (Å²) in [4.78, 5) is 7.25. The molecule has 1 aromatic heterocycles. The first kappa shape index (κ1) is 10.2. The van der Waals surface area contributed by atoms with Crippen LogP contribution in [0.4, 0.5) is 0 Å². The Hall–Kier alpha value is -0.790. The van der Waals surface area contributed by atoms with E-state index in [-0.39, 0.29) is 0 Å². The summed E-state index contributed by atoms with van der Waals surface area (Å²) in [5, 5.41) is 0. The maximum absolute atomic E-state index is 4.08. The first-order valence-corrected chi connectivity index (χ1v) is 4.33. The van der Waals surface area contributed by atoms with Gasteiger partial charge in [-0.1, -0.05) is 27.2 Å². The second-order valence-electron chi connectivity index (χ2n) is 2.24. The van der Waals surface area contributed by atoms with Crippen LogP contribution in [0.15, 0.2) is 6.20 Å². The minimum absolute atomic E-state index is 1.01. The van der Waals surface area contributed by atoms with Crippen molar-refractivity contribution in [1.29, 1.82) is 0 Å². The van der Waals surface area contributed by atoms with Gasteiger partial charge in [0.25, 0.3) is 0 Å². The van der Waals surface area contributed by atoms with Crippen LogP contribution in [0.3, 0.4) is 0 Å². The molecule has 0 amide bonds. The standard InChI is InChI=1S/C7H12N2.C2H6/c1-3-4-7-5-8-6(2)9-7;1-2/h5H,3-4H2,1-2H3,(H,8,9);1-2H3. The first-order valence-electron chi connectivity index (χ1n) is 4.33. The number of H-pyrrole nitrogens is 1. The average molecular weight is 154 g/mol. The van der Waals surface area contributed by atoms with Crippen LogP contribution in [0.5, 0.6) is 0 Å². The monoisotopic (exact) mass is 154 g/mol. The fourth-order valence-corrected chi connectivity index (χ4v) is 0.868. The summed E-state index contributed by atoms with van der Waals surface area (Å²) >= 11 is 0. The Balaban J connectivity index is 0.000000461. The van der Waals surface area contributed by atoms with Crippen molar-refractivity contribution in [3.8, 4) is 0 Å². The highest BCUT2D eigenvalue weighted by atomic mass is 14.9. The fraction of sp³-hybridized carbons (Fsp3) is 0.667. The van der Waals surface area contributed by atoms with Crippen molar-refractivity contribution in [2.24, 2.45) is 0 Å². The number of aromatic nitrogens is 2. The summed E-state index contributed by atoms with van der Waals surface area (Å²) in [6.45, 7) is 8.13. The van der Waals surface area contributed by atoms with E-state index in [1.54, 1.807) is 0 Å². The van der Waals surface area contributed by atoms with Gasteiger partial charge in [-0.3, -0.25) is 0 Å². The highest BCUT2D eigenvalue weighted by Gasteiger charge is 1.91. The van der Waals surface area contributed by atoms with E-state index < -0.39 is 0 Å². The van der Waals surface area contributed by atoms with Gasteiger partial charge in [0.1, 0.15) is 5.82 Å². The molecule has 0 saturated carbocycles. The molecule has 0 radical (unpaired) electrons. The third kappa shape index (κ3) is 3.81. The zero-order chi connectivity index (χ0) is 8.69. The molecule has 1 N–H and O–H groups in total. The Bertz CT molecular complexity index is 179. The number of nitrogens with zero attached hydrogens (tertiary/aromatic N) is 1. The topological polar surface area (TPSA) is 28.7 Å². The van der Waals surface area contributed by atoms with Crippen LogP contribution in [0.2, 0.25) is 0 Å². The van der Waals surface area contributed by atoms with E-state index in [0.29, 0.717) is 0 Å². The maximum Gasteiger partial charge on any atom is 0.103 e. The second kappa shape index (κ2) is 5.96. The molecule has 0 aliphatic heterocycles. The normalized spacial score (nSPS) is 8.73. The van der Waals surface area contributed by atoms with Gasteiger partial charge in [0.2, 0.25) is 0 Å². The number of aromatic amines is 1. The summed E-state index contributed by atoms with van der Waals surface area (Å²) < 4.78 is 0. The van der Waals surface area contributed by atoms with Crippen LogP contribution in [0.25, 0.3) is 0 Å². The Kier molecular flexibility index (Phi) is 5.53. The summed E-state index contributed by atoms with van der Waals surface area (Å²) in [7, 11) is 0. The lowest BCUT2D eigenvalue weighted by molar-refractivity contribution is 0.888. The van der Waals surface area contributed by atoms with Crippen molar-refractivity contribution in [3.05, 3.63) is 17.7 Å². The molecule has 1 rings (SSSR count). The van der Waals surface area contributed by atoms with E-state index in [1.807, 2.05) is 27.0 Å². The van der Waals surface area contributed by atoms with Gasteiger partial charge in [-0.2, -0.15) is 0 Å². The number of imidazole rings is 1. The minimum atomic E-state index is 1.01. The van der Waals surface area contributed by atoms with Crippen molar-refractivity contribution >= 4 is 0 Å². The predicted octanol–water partition coefficient (Wildman–Crippen LogP) is 2.70. The molecule has 0 fully saturated rings. The fourth-order valence-electron chi connectivity index (χ4n) is 0.868. The average Bonchev–Trinajstić information content (AvgIpc) is 2.41. The SMILES string of the molecule is CC.CCCc1cnc(C)[nH]1. The zero-order valence-corrected chi connectivity index (χ0v) is 7.94. The molecular formula is C9H18N2. The number of rotatable bonds is 2. The van der Waals surface area contributed by atoms with Crippen LogP contribution in [0.1, 0.15) is 38.7 Å². The van der Waals surface area contributed by atoms with E-state index in [9.17, 15) is 0 Å². The summed E-state index contributed by atoms with van der Waals surface area (Å²) in [6.07, 6.45) is 4.20. The van der Waals surface area contributed by atoms with E-state index in [1.165, 1.54) is 12.1 Å². The molecule has 0 atom stereocenters. The second-order valence-corrected chi connectivity index (χ2v) is 2.24. The van der Waals surface area contributed by atoms with E-state index in [0.717, 1.165) is 12.2 Å². The third-order valence-corrected chi connectivity index (χ3v) is 1.27. The molecule has 0 bridgehead atoms.